The van der Waals surface area contributed by atoms with E-state index in [-0.39, 0.29) is 6.04 Å². The van der Waals surface area contributed by atoms with Gasteiger partial charge in [0, 0.05) is 35.5 Å². The van der Waals surface area contributed by atoms with Gasteiger partial charge in [0.2, 0.25) is 0 Å². The summed E-state index contributed by atoms with van der Waals surface area (Å²) in [7, 11) is 1.98. The fraction of sp³-hybridized carbons (Fsp3) is 0.235. The van der Waals surface area contributed by atoms with Crippen LogP contribution < -0.4 is 5.73 Å². The third kappa shape index (κ3) is 3.28. The fourth-order valence-corrected chi connectivity index (χ4v) is 3.34. The average Bonchev–Trinajstić information content (AvgIpc) is 2.83. The molecular formula is C17H19N3S. The second-order valence-corrected chi connectivity index (χ2v) is 6.27. The Morgan fingerprint density at radius 2 is 1.81 bits per heavy atom. The number of thioether (sulfide) groups is 1. The molecule has 3 nitrogen and oxygen atoms in total. The Labute approximate surface area is 129 Å². The molecule has 1 aromatic heterocycles. The van der Waals surface area contributed by atoms with Crippen LogP contribution in [0.5, 0.6) is 0 Å². The number of hydrogen-bond acceptors (Lipinski definition) is 3. The van der Waals surface area contributed by atoms with Crippen molar-refractivity contribution in [3.05, 3.63) is 60.3 Å². The van der Waals surface area contributed by atoms with E-state index < -0.39 is 0 Å². The molecule has 2 aromatic carbocycles. The largest absolute Gasteiger partial charge is 0.327 e. The van der Waals surface area contributed by atoms with Gasteiger partial charge in [0.05, 0.1) is 11.2 Å². The molecule has 0 amide bonds. The van der Waals surface area contributed by atoms with Gasteiger partial charge >= 0.3 is 0 Å². The molecule has 0 saturated heterocycles. The molecule has 0 fully saturated rings. The first-order valence-electron chi connectivity index (χ1n) is 7.08. The summed E-state index contributed by atoms with van der Waals surface area (Å²) in [5.41, 5.74) is 8.54. The van der Waals surface area contributed by atoms with Crippen LogP contribution in [0.15, 0.2) is 59.5 Å². The highest BCUT2D eigenvalue weighted by molar-refractivity contribution is 7.99. The van der Waals surface area contributed by atoms with Crippen LogP contribution >= 0.6 is 11.8 Å². The third-order valence-corrected chi connectivity index (χ3v) is 4.70. The predicted octanol–water partition coefficient (Wildman–Crippen LogP) is 3.24. The SMILES string of the molecule is Cn1nc(CC(N)CSc2ccccc2)c2ccccc21. The van der Waals surface area contributed by atoms with Crippen LogP contribution in [0, 0.1) is 0 Å². The van der Waals surface area contributed by atoms with Gasteiger partial charge in [-0.2, -0.15) is 5.10 Å². The molecular weight excluding hydrogens is 278 g/mol. The number of fused-ring (bicyclic) bond motifs is 1. The van der Waals surface area contributed by atoms with E-state index in [0.29, 0.717) is 0 Å². The van der Waals surface area contributed by atoms with Crippen molar-refractivity contribution in [2.45, 2.75) is 17.4 Å². The molecule has 0 spiro atoms. The summed E-state index contributed by atoms with van der Waals surface area (Å²) in [4.78, 5) is 1.26. The molecule has 21 heavy (non-hydrogen) atoms. The van der Waals surface area contributed by atoms with Crippen molar-refractivity contribution < 1.29 is 0 Å². The van der Waals surface area contributed by atoms with E-state index in [4.69, 9.17) is 5.73 Å². The van der Waals surface area contributed by atoms with Crippen molar-refractivity contribution in [2.24, 2.45) is 12.8 Å². The standard InChI is InChI=1S/C17H19N3S/c1-20-17-10-6-5-9-15(17)16(19-20)11-13(18)12-21-14-7-3-2-4-8-14/h2-10,13H,11-12,18H2,1H3. The van der Waals surface area contributed by atoms with E-state index in [1.165, 1.54) is 10.3 Å². The highest BCUT2D eigenvalue weighted by Crippen LogP contribution is 2.21. The highest BCUT2D eigenvalue weighted by atomic mass is 32.2. The van der Waals surface area contributed by atoms with Crippen molar-refractivity contribution in [1.29, 1.82) is 0 Å². The molecule has 1 unspecified atom stereocenters. The zero-order chi connectivity index (χ0) is 14.7. The molecule has 1 atom stereocenters. The minimum Gasteiger partial charge on any atom is -0.327 e. The predicted molar refractivity (Wildman–Crippen MR) is 89.6 cm³/mol. The maximum absolute atomic E-state index is 6.28. The Hall–Kier alpha value is -1.78. The first-order chi connectivity index (χ1) is 10.2. The maximum Gasteiger partial charge on any atom is 0.0718 e. The second-order valence-electron chi connectivity index (χ2n) is 5.18. The molecule has 0 bridgehead atoms. The van der Waals surface area contributed by atoms with Crippen LogP contribution in [-0.4, -0.2) is 21.6 Å². The molecule has 3 aromatic rings. The minimum atomic E-state index is 0.105. The van der Waals surface area contributed by atoms with E-state index in [0.717, 1.165) is 23.4 Å². The minimum absolute atomic E-state index is 0.105. The topological polar surface area (TPSA) is 43.8 Å². The van der Waals surface area contributed by atoms with Gasteiger partial charge < -0.3 is 5.73 Å². The summed E-state index contributed by atoms with van der Waals surface area (Å²) >= 11 is 1.80. The number of aryl methyl sites for hydroxylation is 1. The summed E-state index contributed by atoms with van der Waals surface area (Å²) in [6, 6.07) is 18.8. The molecule has 0 aliphatic heterocycles. The number of nitrogens with zero attached hydrogens (tertiary/aromatic N) is 2. The smallest absolute Gasteiger partial charge is 0.0718 e. The monoisotopic (exact) mass is 297 g/mol. The van der Waals surface area contributed by atoms with Gasteiger partial charge in [-0.3, -0.25) is 4.68 Å². The third-order valence-electron chi connectivity index (χ3n) is 3.50. The normalized spacial score (nSPS) is 12.7. The quantitative estimate of drug-likeness (QED) is 0.735. The van der Waals surface area contributed by atoms with Crippen LogP contribution in [0.1, 0.15) is 5.69 Å². The maximum atomic E-state index is 6.28. The van der Waals surface area contributed by atoms with E-state index >= 15 is 0 Å². The van der Waals surface area contributed by atoms with Gasteiger partial charge in [-0.25, -0.2) is 0 Å². The Balaban J connectivity index is 1.68. The number of rotatable bonds is 5. The molecule has 0 saturated carbocycles. The highest BCUT2D eigenvalue weighted by Gasteiger charge is 2.12. The molecule has 1 heterocycles. The van der Waals surface area contributed by atoms with Gasteiger partial charge in [0.1, 0.15) is 0 Å². The zero-order valence-corrected chi connectivity index (χ0v) is 12.9. The lowest BCUT2D eigenvalue weighted by Gasteiger charge is -2.09. The van der Waals surface area contributed by atoms with E-state index in [2.05, 4.69) is 47.6 Å². The summed E-state index contributed by atoms with van der Waals surface area (Å²) in [5.74, 6) is 0.898. The molecule has 0 aliphatic carbocycles. The van der Waals surface area contributed by atoms with Crippen molar-refractivity contribution in [3.8, 4) is 0 Å². The Morgan fingerprint density at radius 1 is 1.10 bits per heavy atom. The lowest BCUT2D eigenvalue weighted by atomic mass is 10.1. The summed E-state index contributed by atoms with van der Waals surface area (Å²) in [6.45, 7) is 0. The van der Waals surface area contributed by atoms with Gasteiger partial charge in [-0.1, -0.05) is 36.4 Å². The summed E-state index contributed by atoms with van der Waals surface area (Å²) in [5, 5.41) is 5.82. The van der Waals surface area contributed by atoms with E-state index in [1.54, 1.807) is 11.8 Å². The number of nitrogens with two attached hydrogens (primary N) is 1. The second kappa shape index (κ2) is 6.33. The molecule has 3 rings (SSSR count). The number of para-hydroxylation sites is 1. The molecule has 0 radical (unpaired) electrons. The number of benzene rings is 2. The molecule has 4 heteroatoms. The van der Waals surface area contributed by atoms with Crippen LogP contribution in [-0.2, 0) is 13.5 Å². The Bertz CT molecular complexity index is 721. The summed E-state index contributed by atoms with van der Waals surface area (Å²) < 4.78 is 1.93. The van der Waals surface area contributed by atoms with Crippen molar-refractivity contribution in [2.75, 3.05) is 5.75 Å². The van der Waals surface area contributed by atoms with E-state index in [1.807, 2.05) is 23.9 Å². The summed E-state index contributed by atoms with van der Waals surface area (Å²) in [6.07, 6.45) is 0.807. The fourth-order valence-electron chi connectivity index (χ4n) is 2.47. The van der Waals surface area contributed by atoms with E-state index in [9.17, 15) is 0 Å². The first kappa shape index (κ1) is 14.2. The number of aromatic nitrogens is 2. The van der Waals surface area contributed by atoms with Gasteiger partial charge in [0.15, 0.2) is 0 Å². The Kier molecular flexibility index (Phi) is 4.27. The first-order valence-corrected chi connectivity index (χ1v) is 8.06. The van der Waals surface area contributed by atoms with Gasteiger partial charge in [-0.05, 0) is 18.2 Å². The average molecular weight is 297 g/mol. The Morgan fingerprint density at radius 3 is 2.62 bits per heavy atom. The lowest BCUT2D eigenvalue weighted by molar-refractivity contribution is 0.700. The molecule has 2 N–H and O–H groups in total. The lowest BCUT2D eigenvalue weighted by Crippen LogP contribution is -2.25. The zero-order valence-electron chi connectivity index (χ0n) is 12.1. The van der Waals surface area contributed by atoms with Gasteiger partial charge in [-0.15, -0.1) is 11.8 Å². The number of hydrogen-bond donors (Lipinski definition) is 1. The van der Waals surface area contributed by atoms with Crippen molar-refractivity contribution in [1.82, 2.24) is 9.78 Å². The molecule has 108 valence electrons. The van der Waals surface area contributed by atoms with Crippen molar-refractivity contribution in [3.63, 3.8) is 0 Å². The van der Waals surface area contributed by atoms with Crippen LogP contribution in [0.4, 0.5) is 0 Å². The van der Waals surface area contributed by atoms with Crippen LogP contribution in [0.3, 0.4) is 0 Å². The van der Waals surface area contributed by atoms with Gasteiger partial charge in [0.25, 0.3) is 0 Å². The van der Waals surface area contributed by atoms with Crippen LogP contribution in [0.2, 0.25) is 0 Å². The van der Waals surface area contributed by atoms with Crippen LogP contribution in [0.25, 0.3) is 10.9 Å². The molecule has 0 aliphatic rings. The van der Waals surface area contributed by atoms with Crippen molar-refractivity contribution >= 4 is 22.7 Å².